The molecule has 33 heavy (non-hydrogen) atoms. The number of fused-ring (bicyclic) bond motifs is 1. The number of benzene rings is 2. The molecule has 1 fully saturated rings. The van der Waals surface area contributed by atoms with Gasteiger partial charge in [0.25, 0.3) is 5.91 Å². The Kier molecular flexibility index (Phi) is 6.79. The first-order valence-corrected chi connectivity index (χ1v) is 11.0. The summed E-state index contributed by atoms with van der Waals surface area (Å²) in [6.45, 7) is 3.61. The number of nitrogens with one attached hydrogen (secondary N) is 1. The molecular weight excluding hydrogens is 418 g/mol. The minimum atomic E-state index is -0.457. The van der Waals surface area contributed by atoms with Gasteiger partial charge in [-0.3, -0.25) is 9.59 Å². The summed E-state index contributed by atoms with van der Waals surface area (Å²) in [4.78, 5) is 35.6. The molecule has 8 heteroatoms. The van der Waals surface area contributed by atoms with Gasteiger partial charge in [-0.25, -0.2) is 9.97 Å². The predicted molar refractivity (Wildman–Crippen MR) is 123 cm³/mol. The molecule has 3 aromatic rings. The summed E-state index contributed by atoms with van der Waals surface area (Å²) in [6.07, 6.45) is 3.57. The molecule has 0 saturated carbocycles. The Morgan fingerprint density at radius 3 is 2.76 bits per heavy atom. The lowest BCUT2D eigenvalue weighted by Crippen LogP contribution is -2.27. The number of likely N-dealkylation sites (tertiary alicyclic amines) is 1. The Morgan fingerprint density at radius 2 is 2.00 bits per heavy atom. The number of hydrogen-bond donors (Lipinski definition) is 1. The van der Waals surface area contributed by atoms with Gasteiger partial charge < -0.3 is 15.0 Å². The van der Waals surface area contributed by atoms with Gasteiger partial charge >= 0.3 is 5.97 Å². The van der Waals surface area contributed by atoms with E-state index in [0.29, 0.717) is 22.5 Å². The molecule has 0 spiro atoms. The van der Waals surface area contributed by atoms with Crippen molar-refractivity contribution in [1.29, 1.82) is 5.26 Å². The van der Waals surface area contributed by atoms with Crippen molar-refractivity contribution in [1.82, 2.24) is 14.9 Å². The smallest absolute Gasteiger partial charge is 0.308 e. The van der Waals surface area contributed by atoms with Gasteiger partial charge in [0.15, 0.2) is 0 Å². The Balaban J connectivity index is 1.65. The normalized spacial score (nSPS) is 14.0. The number of nitriles is 1. The first kappa shape index (κ1) is 22.2. The first-order chi connectivity index (χ1) is 16.1. The zero-order chi connectivity index (χ0) is 23.2. The number of amides is 1. The van der Waals surface area contributed by atoms with E-state index in [1.54, 1.807) is 37.3 Å². The van der Waals surface area contributed by atoms with Crippen LogP contribution in [0.1, 0.15) is 53.7 Å². The number of ether oxygens (including phenoxy) is 1. The molecule has 0 bridgehead atoms. The fourth-order valence-corrected chi connectivity index (χ4v) is 4.04. The summed E-state index contributed by atoms with van der Waals surface area (Å²) in [5.74, 6) is 0.196. The van der Waals surface area contributed by atoms with Crippen molar-refractivity contribution in [2.24, 2.45) is 0 Å². The molecule has 1 atom stereocenters. The summed E-state index contributed by atoms with van der Waals surface area (Å²) in [5.41, 5.74) is 2.51. The van der Waals surface area contributed by atoms with Crippen LogP contribution in [0.15, 0.2) is 48.8 Å². The van der Waals surface area contributed by atoms with Crippen LogP contribution in [0, 0.1) is 11.3 Å². The second kappa shape index (κ2) is 10.1. The molecule has 4 rings (SSSR count). The third kappa shape index (κ3) is 5.09. The molecule has 2 aromatic carbocycles. The standard InChI is InChI=1S/C25H25N5O3/c1-2-33-23(31)14-21(18-7-5-6-17(12-18)15-26)29-24-20-9-8-19(13-22(20)27-16-28-24)25(32)30-10-3-4-11-30/h5-9,12-13,16,21H,2-4,10-11,14H2,1H3,(H,27,28,29). The fourth-order valence-electron chi connectivity index (χ4n) is 4.04. The van der Waals surface area contributed by atoms with E-state index in [1.807, 2.05) is 17.0 Å². The highest BCUT2D eigenvalue weighted by atomic mass is 16.5. The van der Waals surface area contributed by atoms with E-state index >= 15 is 0 Å². The van der Waals surface area contributed by atoms with Crippen molar-refractivity contribution >= 4 is 28.6 Å². The maximum absolute atomic E-state index is 12.8. The van der Waals surface area contributed by atoms with Crippen molar-refractivity contribution in [2.45, 2.75) is 32.2 Å². The number of rotatable bonds is 7. The van der Waals surface area contributed by atoms with Gasteiger partial charge in [-0.15, -0.1) is 0 Å². The van der Waals surface area contributed by atoms with Gasteiger partial charge in [0.2, 0.25) is 0 Å². The molecule has 1 amide bonds. The molecular formula is C25H25N5O3. The number of hydrogen-bond acceptors (Lipinski definition) is 7. The zero-order valence-electron chi connectivity index (χ0n) is 18.5. The predicted octanol–water partition coefficient (Wildman–Crippen LogP) is 3.84. The number of nitrogens with zero attached hydrogens (tertiary/aromatic N) is 4. The summed E-state index contributed by atoms with van der Waals surface area (Å²) in [5, 5.41) is 13.3. The van der Waals surface area contributed by atoms with Crippen molar-refractivity contribution in [3.8, 4) is 6.07 Å². The highest BCUT2D eigenvalue weighted by molar-refractivity contribution is 5.99. The van der Waals surface area contributed by atoms with Crippen molar-refractivity contribution in [2.75, 3.05) is 25.0 Å². The van der Waals surface area contributed by atoms with E-state index in [-0.39, 0.29) is 24.9 Å². The van der Waals surface area contributed by atoms with Crippen LogP contribution >= 0.6 is 0 Å². The summed E-state index contributed by atoms with van der Waals surface area (Å²) >= 11 is 0. The van der Waals surface area contributed by atoms with Crippen LogP contribution in [0.2, 0.25) is 0 Å². The van der Waals surface area contributed by atoms with Gasteiger partial charge in [-0.1, -0.05) is 12.1 Å². The molecule has 1 saturated heterocycles. The maximum Gasteiger partial charge on any atom is 0.308 e. The van der Waals surface area contributed by atoms with Crippen LogP contribution in [0.25, 0.3) is 10.9 Å². The molecule has 1 aromatic heterocycles. The number of anilines is 1. The Hall–Kier alpha value is -3.99. The van der Waals surface area contributed by atoms with Crippen LogP contribution in [0.5, 0.6) is 0 Å². The molecule has 168 valence electrons. The Morgan fingerprint density at radius 1 is 1.18 bits per heavy atom. The molecule has 1 N–H and O–H groups in total. The van der Waals surface area contributed by atoms with Crippen LogP contribution in [-0.2, 0) is 9.53 Å². The van der Waals surface area contributed by atoms with Gasteiger partial charge in [0.05, 0.1) is 36.2 Å². The minimum Gasteiger partial charge on any atom is -0.466 e. The Bertz CT molecular complexity index is 1210. The molecule has 1 aliphatic rings. The SMILES string of the molecule is CCOC(=O)CC(Nc1ncnc2cc(C(=O)N3CCCC3)ccc12)c1cccc(C#N)c1. The van der Waals surface area contributed by atoms with E-state index < -0.39 is 6.04 Å². The lowest BCUT2D eigenvalue weighted by atomic mass is 10.0. The van der Waals surface area contributed by atoms with Gasteiger partial charge in [-0.05, 0) is 55.7 Å². The van der Waals surface area contributed by atoms with E-state index in [9.17, 15) is 14.9 Å². The summed E-state index contributed by atoms with van der Waals surface area (Å²) < 4.78 is 5.15. The summed E-state index contributed by atoms with van der Waals surface area (Å²) in [6, 6.07) is 14.2. The van der Waals surface area contributed by atoms with Gasteiger partial charge in [0.1, 0.15) is 12.1 Å². The van der Waals surface area contributed by atoms with Crippen LogP contribution < -0.4 is 5.32 Å². The topological polar surface area (TPSA) is 108 Å². The zero-order valence-corrected chi connectivity index (χ0v) is 18.5. The quantitative estimate of drug-likeness (QED) is 0.553. The molecule has 1 aliphatic heterocycles. The third-order valence-corrected chi connectivity index (χ3v) is 5.68. The number of carbonyl (C=O) groups excluding carboxylic acids is 2. The largest absolute Gasteiger partial charge is 0.466 e. The molecule has 1 unspecified atom stereocenters. The summed E-state index contributed by atoms with van der Waals surface area (Å²) in [7, 11) is 0. The first-order valence-electron chi connectivity index (χ1n) is 11.0. The minimum absolute atomic E-state index is 0.0102. The molecule has 0 aliphatic carbocycles. The van der Waals surface area contributed by atoms with Crippen LogP contribution in [0.3, 0.4) is 0 Å². The Labute approximate surface area is 192 Å². The maximum atomic E-state index is 12.8. The third-order valence-electron chi connectivity index (χ3n) is 5.68. The average molecular weight is 444 g/mol. The number of carbonyl (C=O) groups is 2. The second-order valence-electron chi connectivity index (χ2n) is 7.90. The van der Waals surface area contributed by atoms with Crippen molar-refractivity contribution in [3.63, 3.8) is 0 Å². The lowest BCUT2D eigenvalue weighted by Gasteiger charge is -2.20. The highest BCUT2D eigenvalue weighted by Crippen LogP contribution is 2.28. The van der Waals surface area contributed by atoms with E-state index in [4.69, 9.17) is 4.74 Å². The van der Waals surface area contributed by atoms with E-state index in [0.717, 1.165) is 36.9 Å². The highest BCUT2D eigenvalue weighted by Gasteiger charge is 2.22. The van der Waals surface area contributed by atoms with Crippen molar-refractivity contribution < 1.29 is 14.3 Å². The van der Waals surface area contributed by atoms with E-state index in [2.05, 4.69) is 21.4 Å². The monoisotopic (exact) mass is 443 g/mol. The average Bonchev–Trinajstić information content (AvgIpc) is 3.38. The van der Waals surface area contributed by atoms with Gasteiger partial charge in [-0.2, -0.15) is 5.26 Å². The molecule has 0 radical (unpaired) electrons. The number of esters is 1. The van der Waals surface area contributed by atoms with Gasteiger partial charge in [0, 0.05) is 24.0 Å². The fraction of sp³-hybridized carbons (Fsp3) is 0.320. The number of aromatic nitrogens is 2. The van der Waals surface area contributed by atoms with E-state index in [1.165, 1.54) is 6.33 Å². The van der Waals surface area contributed by atoms with Crippen LogP contribution in [0.4, 0.5) is 5.82 Å². The molecule has 2 heterocycles. The second-order valence-corrected chi connectivity index (χ2v) is 7.90. The van der Waals surface area contributed by atoms with Crippen LogP contribution in [-0.4, -0.2) is 46.4 Å². The lowest BCUT2D eigenvalue weighted by molar-refractivity contribution is -0.143. The van der Waals surface area contributed by atoms with Crippen molar-refractivity contribution in [3.05, 3.63) is 65.5 Å². The molecule has 8 nitrogen and oxygen atoms in total.